The van der Waals surface area contributed by atoms with E-state index in [0.29, 0.717) is 0 Å². The number of hydrogen-bond acceptors (Lipinski definition) is 3. The Kier molecular flexibility index (Phi) is 3.74. The van der Waals surface area contributed by atoms with Gasteiger partial charge in [0.25, 0.3) is 0 Å². The van der Waals surface area contributed by atoms with Gasteiger partial charge in [0.2, 0.25) is 0 Å². The van der Waals surface area contributed by atoms with Crippen LogP contribution in [0, 0.1) is 0 Å². The van der Waals surface area contributed by atoms with E-state index in [-0.39, 0.29) is 18.6 Å². The molecule has 0 bridgehead atoms. The summed E-state index contributed by atoms with van der Waals surface area (Å²) in [6.45, 7) is 0.854. The number of hydrogen-bond donors (Lipinski definition) is 0. The summed E-state index contributed by atoms with van der Waals surface area (Å²) >= 11 is 1.80. The number of halogens is 1. The molecular weight excluding hydrogens is 206 g/mol. The minimum absolute atomic E-state index is 0. The maximum absolute atomic E-state index is 5.66. The van der Waals surface area contributed by atoms with Crippen molar-refractivity contribution in [3.8, 4) is 0 Å². The van der Waals surface area contributed by atoms with Crippen LogP contribution in [-0.2, 0) is 11.2 Å². The highest BCUT2D eigenvalue weighted by molar-refractivity contribution is 7.10. The normalized spacial score (nSPS) is 21.0. The van der Waals surface area contributed by atoms with E-state index in [0.717, 1.165) is 13.0 Å². The average Bonchev–Trinajstić information content (AvgIpc) is 2.49. The van der Waals surface area contributed by atoms with Crippen LogP contribution < -0.4 is 0 Å². The molecule has 0 radical (unpaired) electrons. The maximum atomic E-state index is 5.66. The van der Waals surface area contributed by atoms with E-state index in [4.69, 9.17) is 4.74 Å². The Balaban J connectivity index is 0.000000845. The second-order valence-corrected chi connectivity index (χ2v) is 4.19. The lowest BCUT2D eigenvalue weighted by Crippen LogP contribution is -2.26. The monoisotopic (exact) mass is 219 g/mol. The molecule has 0 saturated heterocycles. The summed E-state index contributed by atoms with van der Waals surface area (Å²) in [6, 6.07) is 2.21. The minimum Gasteiger partial charge on any atom is -0.358 e. The van der Waals surface area contributed by atoms with E-state index in [9.17, 15) is 0 Å². The molecule has 74 valence electrons. The lowest BCUT2D eigenvalue weighted by molar-refractivity contribution is -0.0441. The minimum atomic E-state index is 0. The van der Waals surface area contributed by atoms with Crippen LogP contribution in [0.15, 0.2) is 11.4 Å². The van der Waals surface area contributed by atoms with Gasteiger partial charge in [-0.25, -0.2) is 0 Å². The first kappa shape index (κ1) is 11.0. The third kappa shape index (κ3) is 2.05. The molecule has 0 saturated carbocycles. The van der Waals surface area contributed by atoms with E-state index in [2.05, 4.69) is 30.4 Å². The number of rotatable bonds is 1. The van der Waals surface area contributed by atoms with Gasteiger partial charge in [-0.15, -0.1) is 23.7 Å². The van der Waals surface area contributed by atoms with Gasteiger partial charge in [0.15, 0.2) is 0 Å². The molecule has 0 unspecified atom stereocenters. The number of nitrogens with zero attached hydrogens (tertiary/aromatic N) is 1. The van der Waals surface area contributed by atoms with Crippen LogP contribution in [0.4, 0.5) is 0 Å². The van der Waals surface area contributed by atoms with E-state index in [1.165, 1.54) is 10.4 Å². The van der Waals surface area contributed by atoms with Gasteiger partial charge < -0.3 is 4.74 Å². The van der Waals surface area contributed by atoms with E-state index < -0.39 is 0 Å². The Labute approximate surface area is 88.9 Å². The highest BCUT2D eigenvalue weighted by Gasteiger charge is 2.23. The van der Waals surface area contributed by atoms with E-state index in [1.54, 1.807) is 11.3 Å². The third-order valence-corrected chi connectivity index (χ3v) is 3.11. The molecule has 1 aromatic rings. The molecule has 13 heavy (non-hydrogen) atoms. The molecule has 1 aliphatic rings. The van der Waals surface area contributed by atoms with E-state index in [1.807, 2.05) is 0 Å². The quantitative estimate of drug-likeness (QED) is 0.719. The topological polar surface area (TPSA) is 12.5 Å². The first-order chi connectivity index (χ1) is 5.79. The lowest BCUT2D eigenvalue weighted by atomic mass is 10.1. The van der Waals surface area contributed by atoms with Gasteiger partial charge in [0.1, 0.15) is 6.23 Å². The van der Waals surface area contributed by atoms with Crippen molar-refractivity contribution in [3.63, 3.8) is 0 Å². The van der Waals surface area contributed by atoms with Gasteiger partial charge in [-0.05, 0) is 37.5 Å². The zero-order valence-electron chi connectivity index (χ0n) is 7.82. The summed E-state index contributed by atoms with van der Waals surface area (Å²) in [6.07, 6.45) is 1.26. The zero-order chi connectivity index (χ0) is 8.55. The zero-order valence-corrected chi connectivity index (χ0v) is 9.45. The SMILES string of the molecule is CN(C)[C@@H]1OCCc2ccsc21.Cl. The standard InChI is InChI=1S/C9H13NOS.ClH/c1-10(2)9-8-7(3-5-11-9)4-6-12-8;/h4,6,9H,3,5H2,1-2H3;1H/t9-;/m1./s1. The van der Waals surface area contributed by atoms with Gasteiger partial charge in [-0.1, -0.05) is 0 Å². The van der Waals surface area contributed by atoms with Crippen LogP contribution in [0.25, 0.3) is 0 Å². The summed E-state index contributed by atoms with van der Waals surface area (Å²) in [4.78, 5) is 3.50. The van der Waals surface area contributed by atoms with Crippen molar-refractivity contribution in [2.75, 3.05) is 20.7 Å². The third-order valence-electron chi connectivity index (χ3n) is 2.12. The number of thiophene rings is 1. The molecule has 2 nitrogen and oxygen atoms in total. The Morgan fingerprint density at radius 3 is 3.00 bits per heavy atom. The Morgan fingerprint density at radius 1 is 1.54 bits per heavy atom. The molecule has 1 atom stereocenters. The first-order valence-corrected chi connectivity index (χ1v) is 5.01. The van der Waals surface area contributed by atoms with Crippen LogP contribution in [0.2, 0.25) is 0 Å². The van der Waals surface area contributed by atoms with E-state index >= 15 is 0 Å². The summed E-state index contributed by atoms with van der Waals surface area (Å²) in [5, 5.41) is 2.15. The van der Waals surface area contributed by atoms with Crippen molar-refractivity contribution in [2.24, 2.45) is 0 Å². The number of fused-ring (bicyclic) bond motifs is 1. The van der Waals surface area contributed by atoms with Crippen LogP contribution in [0.3, 0.4) is 0 Å². The first-order valence-electron chi connectivity index (χ1n) is 4.13. The van der Waals surface area contributed by atoms with Crippen LogP contribution in [0.5, 0.6) is 0 Å². The molecule has 0 spiro atoms. The highest BCUT2D eigenvalue weighted by Crippen LogP contribution is 2.32. The van der Waals surface area contributed by atoms with Gasteiger partial charge in [0.05, 0.1) is 11.5 Å². The fourth-order valence-corrected chi connectivity index (χ4v) is 2.61. The summed E-state index contributed by atoms with van der Waals surface area (Å²) in [7, 11) is 4.11. The van der Waals surface area contributed by atoms with Crippen LogP contribution in [-0.4, -0.2) is 25.6 Å². The fraction of sp³-hybridized carbons (Fsp3) is 0.556. The van der Waals surface area contributed by atoms with Gasteiger partial charge in [-0.2, -0.15) is 0 Å². The largest absolute Gasteiger partial charge is 0.358 e. The highest BCUT2D eigenvalue weighted by atomic mass is 35.5. The summed E-state index contributed by atoms with van der Waals surface area (Å²) < 4.78 is 5.66. The summed E-state index contributed by atoms with van der Waals surface area (Å²) in [5.41, 5.74) is 1.46. The lowest BCUT2D eigenvalue weighted by Gasteiger charge is -2.28. The second kappa shape index (κ2) is 4.42. The predicted octanol–water partition coefficient (Wildman–Crippen LogP) is 2.30. The van der Waals surface area contributed by atoms with Gasteiger partial charge in [0, 0.05) is 0 Å². The predicted molar refractivity (Wildman–Crippen MR) is 57.7 cm³/mol. The van der Waals surface area contributed by atoms with Crippen molar-refractivity contribution in [2.45, 2.75) is 12.6 Å². The van der Waals surface area contributed by atoms with Crippen molar-refractivity contribution >= 4 is 23.7 Å². The average molecular weight is 220 g/mol. The molecule has 0 fully saturated rings. The van der Waals surface area contributed by atoms with Crippen LogP contribution in [0.1, 0.15) is 16.7 Å². The molecule has 0 N–H and O–H groups in total. The molecule has 0 amide bonds. The smallest absolute Gasteiger partial charge is 0.145 e. The van der Waals surface area contributed by atoms with Crippen molar-refractivity contribution in [3.05, 3.63) is 21.9 Å². The molecule has 0 aromatic carbocycles. The van der Waals surface area contributed by atoms with Crippen molar-refractivity contribution in [1.82, 2.24) is 4.90 Å². The fourth-order valence-electron chi connectivity index (χ4n) is 1.51. The van der Waals surface area contributed by atoms with Crippen molar-refractivity contribution < 1.29 is 4.74 Å². The Bertz CT molecular complexity index is 274. The molecule has 2 rings (SSSR count). The number of ether oxygens (including phenoxy) is 1. The maximum Gasteiger partial charge on any atom is 0.145 e. The molecular formula is C9H14ClNOS. The Morgan fingerprint density at radius 2 is 2.31 bits per heavy atom. The molecule has 2 heterocycles. The molecule has 0 aliphatic carbocycles. The molecule has 4 heteroatoms. The van der Waals surface area contributed by atoms with Gasteiger partial charge >= 0.3 is 0 Å². The van der Waals surface area contributed by atoms with Gasteiger partial charge in [-0.3, -0.25) is 4.90 Å². The van der Waals surface area contributed by atoms with Crippen LogP contribution >= 0.6 is 23.7 Å². The summed E-state index contributed by atoms with van der Waals surface area (Å²) in [5.74, 6) is 0. The molecule has 1 aromatic heterocycles. The molecule has 1 aliphatic heterocycles. The Hall–Kier alpha value is -0.0900. The second-order valence-electron chi connectivity index (χ2n) is 3.25. The van der Waals surface area contributed by atoms with Crippen molar-refractivity contribution in [1.29, 1.82) is 0 Å².